The molecular formula is C11H21NO3S2. The zero-order chi connectivity index (χ0) is 12.7. The van der Waals surface area contributed by atoms with Gasteiger partial charge in [0.05, 0.1) is 23.7 Å². The van der Waals surface area contributed by atoms with E-state index in [4.69, 9.17) is 0 Å². The fourth-order valence-corrected chi connectivity index (χ4v) is 5.47. The zero-order valence-corrected chi connectivity index (χ0v) is 12.1. The molecule has 2 heterocycles. The van der Waals surface area contributed by atoms with E-state index in [0.29, 0.717) is 0 Å². The second-order valence-corrected chi connectivity index (χ2v) is 9.56. The van der Waals surface area contributed by atoms with E-state index in [-0.39, 0.29) is 22.3 Å². The minimum atomic E-state index is -3.03. The lowest BCUT2D eigenvalue weighted by Gasteiger charge is -2.29. The van der Waals surface area contributed by atoms with E-state index >= 15 is 0 Å². The minimum Gasteiger partial charge on any atom is -0.390 e. The summed E-state index contributed by atoms with van der Waals surface area (Å²) in [7, 11) is -3.03. The molecule has 2 atom stereocenters. The topological polar surface area (TPSA) is 57.6 Å². The number of rotatable bonds is 1. The highest BCUT2D eigenvalue weighted by Crippen LogP contribution is 2.32. The highest BCUT2D eigenvalue weighted by Gasteiger charge is 2.40. The predicted molar refractivity (Wildman–Crippen MR) is 71.2 cm³/mol. The van der Waals surface area contributed by atoms with Crippen LogP contribution in [0.15, 0.2) is 0 Å². The summed E-state index contributed by atoms with van der Waals surface area (Å²) in [6.45, 7) is 6.22. The third-order valence-electron chi connectivity index (χ3n) is 3.63. The van der Waals surface area contributed by atoms with Crippen LogP contribution in [0.5, 0.6) is 0 Å². The number of hydrogen-bond donors (Lipinski definition) is 1. The molecule has 0 aromatic rings. The van der Waals surface area contributed by atoms with Crippen LogP contribution in [0.1, 0.15) is 20.3 Å². The molecule has 0 aromatic carbocycles. The molecule has 0 saturated carbocycles. The SMILES string of the molecule is CC1(C)CCN(C2CS(=O)(=O)CC2O)CCS1. The molecule has 2 saturated heterocycles. The van der Waals surface area contributed by atoms with Crippen molar-refractivity contribution in [3.8, 4) is 0 Å². The minimum absolute atomic E-state index is 0.0648. The van der Waals surface area contributed by atoms with E-state index in [0.717, 1.165) is 25.3 Å². The van der Waals surface area contributed by atoms with Crippen molar-refractivity contribution in [2.24, 2.45) is 0 Å². The molecule has 2 rings (SSSR count). The molecule has 2 aliphatic heterocycles. The van der Waals surface area contributed by atoms with Gasteiger partial charge in [-0.3, -0.25) is 4.90 Å². The Morgan fingerprint density at radius 1 is 1.29 bits per heavy atom. The standard InChI is InChI=1S/C11H21NO3S2/c1-11(2)3-4-12(5-6-16-11)9-7-17(14,15)8-10(9)13/h9-10,13H,3-8H2,1-2H3. The number of aliphatic hydroxyl groups is 1. The molecule has 0 spiro atoms. The molecule has 1 N–H and O–H groups in total. The zero-order valence-electron chi connectivity index (χ0n) is 10.4. The molecule has 17 heavy (non-hydrogen) atoms. The molecule has 0 aromatic heterocycles. The molecule has 100 valence electrons. The summed E-state index contributed by atoms with van der Waals surface area (Å²) in [4.78, 5) is 2.16. The Morgan fingerprint density at radius 3 is 2.59 bits per heavy atom. The molecule has 2 unspecified atom stereocenters. The molecule has 0 amide bonds. The maximum Gasteiger partial charge on any atom is 0.154 e. The smallest absolute Gasteiger partial charge is 0.154 e. The molecule has 0 bridgehead atoms. The van der Waals surface area contributed by atoms with Crippen molar-refractivity contribution in [2.75, 3.05) is 30.3 Å². The predicted octanol–water partition coefficient (Wildman–Crippen LogP) is 0.362. The van der Waals surface area contributed by atoms with Gasteiger partial charge in [-0.05, 0) is 13.0 Å². The van der Waals surface area contributed by atoms with Gasteiger partial charge >= 0.3 is 0 Å². The maximum atomic E-state index is 11.5. The average Bonchev–Trinajstić information content (AvgIpc) is 2.35. The van der Waals surface area contributed by atoms with Gasteiger partial charge in [0.25, 0.3) is 0 Å². The highest BCUT2D eigenvalue weighted by molar-refractivity contribution is 8.00. The van der Waals surface area contributed by atoms with Crippen LogP contribution >= 0.6 is 11.8 Å². The van der Waals surface area contributed by atoms with Crippen LogP contribution in [0.3, 0.4) is 0 Å². The van der Waals surface area contributed by atoms with Crippen molar-refractivity contribution >= 4 is 21.6 Å². The van der Waals surface area contributed by atoms with E-state index in [1.54, 1.807) is 0 Å². The largest absolute Gasteiger partial charge is 0.390 e. The lowest BCUT2D eigenvalue weighted by Crippen LogP contribution is -2.44. The van der Waals surface area contributed by atoms with Gasteiger partial charge in [-0.15, -0.1) is 0 Å². The quantitative estimate of drug-likeness (QED) is 0.751. The monoisotopic (exact) mass is 279 g/mol. The first-order valence-electron chi connectivity index (χ1n) is 6.06. The van der Waals surface area contributed by atoms with Crippen molar-refractivity contribution in [3.63, 3.8) is 0 Å². The van der Waals surface area contributed by atoms with Gasteiger partial charge in [0.1, 0.15) is 0 Å². The number of thioether (sulfide) groups is 1. The number of aliphatic hydroxyl groups excluding tert-OH is 1. The Hall–Kier alpha value is 0.220. The highest BCUT2D eigenvalue weighted by atomic mass is 32.2. The van der Waals surface area contributed by atoms with Crippen molar-refractivity contribution in [3.05, 3.63) is 0 Å². The lowest BCUT2D eigenvalue weighted by molar-refractivity contribution is 0.0864. The third-order valence-corrected chi connectivity index (χ3v) is 6.71. The fraction of sp³-hybridized carbons (Fsp3) is 1.00. The van der Waals surface area contributed by atoms with Crippen LogP contribution in [-0.4, -0.2) is 65.7 Å². The number of nitrogens with zero attached hydrogens (tertiary/aromatic N) is 1. The summed E-state index contributed by atoms with van der Waals surface area (Å²) < 4.78 is 23.3. The Morgan fingerprint density at radius 2 is 2.00 bits per heavy atom. The van der Waals surface area contributed by atoms with Crippen molar-refractivity contribution in [1.29, 1.82) is 0 Å². The van der Waals surface area contributed by atoms with E-state index in [1.165, 1.54) is 0 Å². The van der Waals surface area contributed by atoms with E-state index < -0.39 is 15.9 Å². The third kappa shape index (κ3) is 3.36. The van der Waals surface area contributed by atoms with E-state index in [9.17, 15) is 13.5 Å². The number of hydrogen-bond acceptors (Lipinski definition) is 5. The van der Waals surface area contributed by atoms with E-state index in [2.05, 4.69) is 18.7 Å². The summed E-state index contributed by atoms with van der Waals surface area (Å²) in [5.41, 5.74) is 0. The van der Waals surface area contributed by atoms with Gasteiger partial charge in [0, 0.05) is 17.0 Å². The van der Waals surface area contributed by atoms with Gasteiger partial charge in [0.15, 0.2) is 9.84 Å². The number of sulfone groups is 1. The van der Waals surface area contributed by atoms with E-state index in [1.807, 2.05) is 11.8 Å². The second-order valence-electron chi connectivity index (χ2n) is 5.61. The first-order chi connectivity index (χ1) is 7.79. The lowest BCUT2D eigenvalue weighted by atomic mass is 10.1. The van der Waals surface area contributed by atoms with Gasteiger partial charge in [-0.25, -0.2) is 8.42 Å². The summed E-state index contributed by atoms with van der Waals surface area (Å²) in [5, 5.41) is 9.87. The van der Waals surface area contributed by atoms with Crippen molar-refractivity contribution in [1.82, 2.24) is 4.90 Å². The first-order valence-corrected chi connectivity index (χ1v) is 8.86. The van der Waals surface area contributed by atoms with Gasteiger partial charge in [-0.1, -0.05) is 13.8 Å². The van der Waals surface area contributed by atoms with Crippen LogP contribution in [-0.2, 0) is 9.84 Å². The molecule has 4 nitrogen and oxygen atoms in total. The summed E-state index contributed by atoms with van der Waals surface area (Å²) in [6.07, 6.45) is 0.340. The molecule has 0 aliphatic carbocycles. The summed E-state index contributed by atoms with van der Waals surface area (Å²) in [6, 6.07) is -0.186. The molecule has 2 fully saturated rings. The van der Waals surface area contributed by atoms with Crippen LogP contribution < -0.4 is 0 Å². The van der Waals surface area contributed by atoms with Crippen molar-refractivity contribution in [2.45, 2.75) is 37.2 Å². The Balaban J connectivity index is 2.04. The summed E-state index contributed by atoms with van der Waals surface area (Å²) in [5.74, 6) is 1.07. The fourth-order valence-electron chi connectivity index (χ4n) is 2.53. The Bertz CT molecular complexity index is 380. The Kier molecular flexibility index (Phi) is 3.79. The van der Waals surface area contributed by atoms with Gasteiger partial charge < -0.3 is 5.11 Å². The van der Waals surface area contributed by atoms with Gasteiger partial charge in [0.2, 0.25) is 0 Å². The molecule has 0 radical (unpaired) electrons. The molecule has 6 heteroatoms. The summed E-state index contributed by atoms with van der Waals surface area (Å²) >= 11 is 1.93. The Labute approximate surface area is 108 Å². The van der Waals surface area contributed by atoms with Crippen LogP contribution in [0.4, 0.5) is 0 Å². The van der Waals surface area contributed by atoms with Crippen LogP contribution in [0.2, 0.25) is 0 Å². The average molecular weight is 279 g/mol. The first kappa shape index (κ1) is 13.6. The second kappa shape index (κ2) is 4.72. The normalized spacial score (nSPS) is 37.8. The molecular weight excluding hydrogens is 258 g/mol. The van der Waals surface area contributed by atoms with Gasteiger partial charge in [-0.2, -0.15) is 11.8 Å². The maximum absolute atomic E-state index is 11.5. The van der Waals surface area contributed by atoms with Crippen LogP contribution in [0, 0.1) is 0 Å². The van der Waals surface area contributed by atoms with Crippen LogP contribution in [0.25, 0.3) is 0 Å². The molecule has 2 aliphatic rings. The van der Waals surface area contributed by atoms with Crippen molar-refractivity contribution < 1.29 is 13.5 Å².